The lowest BCUT2D eigenvalue weighted by atomic mass is 10.0. The first-order chi connectivity index (χ1) is 5.49. The van der Waals surface area contributed by atoms with Crippen LogP contribution >= 0.6 is 0 Å². The van der Waals surface area contributed by atoms with Gasteiger partial charge in [0.25, 0.3) is 0 Å². The molecule has 0 aliphatic carbocycles. The maximum absolute atomic E-state index is 10.4. The van der Waals surface area contributed by atoms with Crippen LogP contribution in [0.25, 0.3) is 0 Å². The molecule has 1 amide bonds. The van der Waals surface area contributed by atoms with Crippen molar-refractivity contribution >= 4 is 18.2 Å². The van der Waals surface area contributed by atoms with Crippen molar-refractivity contribution < 1.29 is 19.5 Å². The van der Waals surface area contributed by atoms with Gasteiger partial charge in [-0.15, -0.1) is 0 Å². The van der Waals surface area contributed by atoms with E-state index in [-0.39, 0.29) is 6.42 Å². The third-order valence-corrected chi connectivity index (χ3v) is 1.35. The number of primary amides is 1. The van der Waals surface area contributed by atoms with Crippen LogP contribution in [0.3, 0.4) is 0 Å². The normalized spacial score (nSPS) is 14.8. The maximum atomic E-state index is 10.4. The summed E-state index contributed by atoms with van der Waals surface area (Å²) in [6, 6.07) is -1.23. The second kappa shape index (κ2) is 4.45. The smallest absolute Gasteiger partial charge is 0.320 e. The molecule has 2 atom stereocenters. The molecule has 6 nitrogen and oxygen atoms in total. The Morgan fingerprint density at radius 3 is 2.25 bits per heavy atom. The zero-order valence-electron chi connectivity index (χ0n) is 6.27. The van der Waals surface area contributed by atoms with E-state index in [1.54, 1.807) is 0 Å². The van der Waals surface area contributed by atoms with Crippen LogP contribution in [0.4, 0.5) is 0 Å². The molecule has 12 heavy (non-hydrogen) atoms. The Hall–Kier alpha value is -1.43. The number of amides is 1. The topological polar surface area (TPSA) is 123 Å². The van der Waals surface area contributed by atoms with Crippen LogP contribution < -0.4 is 11.5 Å². The summed E-state index contributed by atoms with van der Waals surface area (Å²) in [6.07, 6.45) is 0.0410. The number of rotatable bonds is 5. The molecule has 1 unspecified atom stereocenters. The summed E-state index contributed by atoms with van der Waals surface area (Å²) in [5, 5.41) is 8.32. The highest BCUT2D eigenvalue weighted by Gasteiger charge is 2.21. The summed E-state index contributed by atoms with van der Waals surface area (Å²) in [5.74, 6) is -3.24. The molecule has 0 heterocycles. The average Bonchev–Trinajstić information content (AvgIpc) is 1.98. The van der Waals surface area contributed by atoms with E-state index < -0.39 is 23.8 Å². The van der Waals surface area contributed by atoms with Gasteiger partial charge in [-0.3, -0.25) is 9.59 Å². The fourth-order valence-corrected chi connectivity index (χ4v) is 0.613. The molecule has 0 radical (unpaired) electrons. The number of aliphatic carboxylic acids is 1. The second-order valence-electron chi connectivity index (χ2n) is 2.33. The van der Waals surface area contributed by atoms with E-state index in [1.165, 1.54) is 0 Å². The minimum atomic E-state index is -1.26. The molecular formula is C6H10N2O4. The molecule has 0 bridgehead atoms. The zero-order chi connectivity index (χ0) is 9.72. The van der Waals surface area contributed by atoms with E-state index in [9.17, 15) is 14.4 Å². The first-order valence-corrected chi connectivity index (χ1v) is 3.22. The third-order valence-electron chi connectivity index (χ3n) is 1.35. The lowest BCUT2D eigenvalue weighted by molar-refractivity contribution is -0.139. The molecular weight excluding hydrogens is 164 g/mol. The summed E-state index contributed by atoms with van der Waals surface area (Å²) >= 11 is 0. The van der Waals surface area contributed by atoms with Gasteiger partial charge in [0.05, 0.1) is 5.92 Å². The van der Waals surface area contributed by atoms with Crippen molar-refractivity contribution in [1.82, 2.24) is 0 Å². The zero-order valence-corrected chi connectivity index (χ0v) is 6.27. The Labute approximate surface area is 68.5 Å². The average molecular weight is 174 g/mol. The van der Waals surface area contributed by atoms with Crippen LogP contribution in [0.5, 0.6) is 0 Å². The van der Waals surface area contributed by atoms with E-state index in [0.717, 1.165) is 0 Å². The van der Waals surface area contributed by atoms with E-state index in [4.69, 9.17) is 16.6 Å². The van der Waals surface area contributed by atoms with Crippen LogP contribution in [0, 0.1) is 5.92 Å². The maximum Gasteiger partial charge on any atom is 0.320 e. The van der Waals surface area contributed by atoms with E-state index in [2.05, 4.69) is 0 Å². The summed E-state index contributed by atoms with van der Waals surface area (Å²) in [6.45, 7) is 0. The first-order valence-electron chi connectivity index (χ1n) is 3.22. The molecule has 0 saturated heterocycles. The molecule has 68 valence electrons. The first kappa shape index (κ1) is 10.6. The van der Waals surface area contributed by atoms with Gasteiger partial charge in [0.1, 0.15) is 12.3 Å². The molecule has 6 heteroatoms. The van der Waals surface area contributed by atoms with E-state index >= 15 is 0 Å². The molecule has 0 aromatic carbocycles. The standard InChI is InChI=1S/C6H10N2O4/c7-4(6(11)12)1-3(2-9)5(8)10/h2-4H,1,7H2,(H2,8,10)(H,11,12)/t3?,4-/m0/s1. The van der Waals surface area contributed by atoms with Crippen molar-refractivity contribution in [1.29, 1.82) is 0 Å². The fourth-order valence-electron chi connectivity index (χ4n) is 0.613. The van der Waals surface area contributed by atoms with Crippen LogP contribution in [0.1, 0.15) is 6.42 Å². The Morgan fingerprint density at radius 1 is 1.50 bits per heavy atom. The Balaban J connectivity index is 4.11. The lowest BCUT2D eigenvalue weighted by Gasteiger charge is -2.08. The number of carboxylic acid groups (broad SMARTS) is 1. The predicted octanol–water partition coefficient (Wildman–Crippen LogP) is -1.91. The third kappa shape index (κ3) is 3.11. The van der Waals surface area contributed by atoms with Gasteiger partial charge in [-0.2, -0.15) is 0 Å². The largest absolute Gasteiger partial charge is 0.480 e. The summed E-state index contributed by atoms with van der Waals surface area (Å²) < 4.78 is 0. The van der Waals surface area contributed by atoms with Gasteiger partial charge in [0.15, 0.2) is 0 Å². The van der Waals surface area contributed by atoms with Crippen LogP contribution in [-0.2, 0) is 14.4 Å². The molecule has 0 aromatic heterocycles. The minimum absolute atomic E-state index is 0.256. The molecule has 0 aliphatic rings. The number of carbonyl (C=O) groups is 3. The highest BCUT2D eigenvalue weighted by Crippen LogP contribution is 2.01. The number of aldehydes is 1. The molecule has 0 spiro atoms. The monoisotopic (exact) mass is 174 g/mol. The second-order valence-corrected chi connectivity index (χ2v) is 2.33. The predicted molar refractivity (Wildman–Crippen MR) is 39.0 cm³/mol. The van der Waals surface area contributed by atoms with Crippen LogP contribution in [-0.4, -0.2) is 29.3 Å². The molecule has 0 saturated carbocycles. The van der Waals surface area contributed by atoms with Crippen LogP contribution in [0.2, 0.25) is 0 Å². The van der Waals surface area contributed by atoms with Gasteiger partial charge in [0.2, 0.25) is 5.91 Å². The number of nitrogens with two attached hydrogens (primary N) is 2. The quantitative estimate of drug-likeness (QED) is 0.331. The van der Waals surface area contributed by atoms with Gasteiger partial charge in [-0.1, -0.05) is 0 Å². The SMILES string of the molecule is NC(=O)C(C=O)C[C@H](N)C(=O)O. The summed E-state index contributed by atoms with van der Waals surface area (Å²) in [7, 11) is 0. The van der Waals surface area contributed by atoms with Gasteiger partial charge >= 0.3 is 5.97 Å². The highest BCUT2D eigenvalue weighted by molar-refractivity contribution is 5.91. The van der Waals surface area contributed by atoms with Gasteiger partial charge in [-0.05, 0) is 6.42 Å². The van der Waals surface area contributed by atoms with Crippen molar-refractivity contribution in [2.24, 2.45) is 17.4 Å². The number of hydrogen-bond acceptors (Lipinski definition) is 4. The van der Waals surface area contributed by atoms with Crippen molar-refractivity contribution in [2.75, 3.05) is 0 Å². The molecule has 0 fully saturated rings. The summed E-state index contributed by atoms with van der Waals surface area (Å²) in [5.41, 5.74) is 9.84. The lowest BCUT2D eigenvalue weighted by Crippen LogP contribution is -2.36. The fraction of sp³-hybridized carbons (Fsp3) is 0.500. The van der Waals surface area contributed by atoms with Crippen molar-refractivity contribution in [3.63, 3.8) is 0 Å². The van der Waals surface area contributed by atoms with Crippen molar-refractivity contribution in [2.45, 2.75) is 12.5 Å². The van der Waals surface area contributed by atoms with E-state index in [0.29, 0.717) is 6.29 Å². The van der Waals surface area contributed by atoms with Crippen LogP contribution in [0.15, 0.2) is 0 Å². The molecule has 0 rings (SSSR count). The van der Waals surface area contributed by atoms with Crippen molar-refractivity contribution in [3.8, 4) is 0 Å². The Kier molecular flexibility index (Phi) is 3.92. The highest BCUT2D eigenvalue weighted by atomic mass is 16.4. The molecule has 0 aliphatic heterocycles. The van der Waals surface area contributed by atoms with Gasteiger partial charge in [-0.25, -0.2) is 0 Å². The van der Waals surface area contributed by atoms with Crippen molar-refractivity contribution in [3.05, 3.63) is 0 Å². The number of hydrogen-bond donors (Lipinski definition) is 3. The van der Waals surface area contributed by atoms with Gasteiger partial charge in [0, 0.05) is 0 Å². The minimum Gasteiger partial charge on any atom is -0.480 e. The summed E-state index contributed by atoms with van der Waals surface area (Å²) in [4.78, 5) is 30.8. The number of carboxylic acids is 1. The van der Waals surface area contributed by atoms with Gasteiger partial charge < -0.3 is 21.4 Å². The Bertz CT molecular complexity index is 204. The Morgan fingerprint density at radius 2 is 2.00 bits per heavy atom. The molecule has 0 aromatic rings. The van der Waals surface area contributed by atoms with E-state index in [1.807, 2.05) is 0 Å². The molecule has 5 N–H and O–H groups in total. The number of carbonyl (C=O) groups excluding carboxylic acids is 2.